The third-order valence-corrected chi connectivity index (χ3v) is 1.55. The molecule has 0 spiro atoms. The number of hydrogen-bond donors (Lipinski definition) is 0. The van der Waals surface area contributed by atoms with Crippen LogP contribution in [-0.2, 0) is 14.6 Å². The first-order chi connectivity index (χ1) is 7.50. The predicted octanol–water partition coefficient (Wildman–Crippen LogP) is 1.23. The molecule has 0 amide bonds. The van der Waals surface area contributed by atoms with Gasteiger partial charge >= 0.3 is 11.9 Å². The van der Waals surface area contributed by atoms with Crippen molar-refractivity contribution in [3.05, 3.63) is 39.9 Å². The number of non-ortho nitro benzene ring substituents is 1. The molecule has 0 atom stereocenters. The molecule has 1 aromatic carbocycles. The van der Waals surface area contributed by atoms with E-state index in [1.54, 1.807) is 0 Å². The Labute approximate surface area is 89.7 Å². The van der Waals surface area contributed by atoms with Crippen molar-refractivity contribution < 1.29 is 24.3 Å². The zero-order valence-electron chi connectivity index (χ0n) is 8.21. The second kappa shape index (κ2) is 4.87. The minimum atomic E-state index is -0.898. The molecular weight excluding hydrogens is 218 g/mol. The Morgan fingerprint density at radius 1 is 1.19 bits per heavy atom. The number of nitrogens with zero attached hydrogens (tertiary/aromatic N) is 1. The lowest BCUT2D eigenvalue weighted by molar-refractivity contribution is -0.384. The van der Waals surface area contributed by atoms with Crippen LogP contribution in [0.4, 0.5) is 5.69 Å². The summed E-state index contributed by atoms with van der Waals surface area (Å²) in [6.45, 7) is 1.07. The van der Waals surface area contributed by atoms with E-state index in [1.807, 2.05) is 0 Å². The summed E-state index contributed by atoms with van der Waals surface area (Å²) in [5.74, 6) is -1.67. The third-order valence-electron chi connectivity index (χ3n) is 1.55. The van der Waals surface area contributed by atoms with Crippen molar-refractivity contribution in [3.8, 4) is 0 Å². The molecular formula is C9H7NO6. The average Bonchev–Trinajstić information content (AvgIpc) is 2.26. The largest absolute Gasteiger partial charge is 0.386 e. The van der Waals surface area contributed by atoms with Crippen molar-refractivity contribution in [2.45, 2.75) is 6.92 Å². The molecule has 0 aliphatic rings. The standard InChI is InChI=1S/C9H7NO6/c1-6(11)15-16-9(12)7-2-4-8(5-3-7)10(13)14/h2-5H,1H3. The number of carbonyl (C=O) groups excluding carboxylic acids is 2. The molecule has 0 bridgehead atoms. The van der Waals surface area contributed by atoms with E-state index < -0.39 is 16.9 Å². The Bertz CT molecular complexity index is 424. The molecule has 16 heavy (non-hydrogen) atoms. The van der Waals surface area contributed by atoms with Gasteiger partial charge in [-0.25, -0.2) is 19.4 Å². The molecule has 0 N–H and O–H groups in total. The van der Waals surface area contributed by atoms with Crippen LogP contribution in [0.15, 0.2) is 24.3 Å². The van der Waals surface area contributed by atoms with Crippen molar-refractivity contribution in [3.63, 3.8) is 0 Å². The Morgan fingerprint density at radius 2 is 1.75 bits per heavy atom. The van der Waals surface area contributed by atoms with Crippen LogP contribution in [0.1, 0.15) is 17.3 Å². The maximum atomic E-state index is 11.2. The highest BCUT2D eigenvalue weighted by Crippen LogP contribution is 2.12. The summed E-state index contributed by atoms with van der Waals surface area (Å²) in [5, 5.41) is 10.3. The van der Waals surface area contributed by atoms with Gasteiger partial charge in [-0.3, -0.25) is 10.1 Å². The number of benzene rings is 1. The molecule has 0 unspecified atom stereocenters. The van der Waals surface area contributed by atoms with E-state index in [0.29, 0.717) is 0 Å². The fourth-order valence-electron chi connectivity index (χ4n) is 0.864. The van der Waals surface area contributed by atoms with Crippen molar-refractivity contribution in [2.75, 3.05) is 0 Å². The van der Waals surface area contributed by atoms with E-state index in [2.05, 4.69) is 9.78 Å². The lowest BCUT2D eigenvalue weighted by atomic mass is 10.2. The molecule has 7 heteroatoms. The zero-order valence-corrected chi connectivity index (χ0v) is 8.21. The molecule has 0 fully saturated rings. The second-order valence-electron chi connectivity index (χ2n) is 2.75. The minimum Gasteiger partial charge on any atom is -0.258 e. The number of rotatable bonds is 2. The van der Waals surface area contributed by atoms with Gasteiger partial charge in [-0.05, 0) is 12.1 Å². The first-order valence-electron chi connectivity index (χ1n) is 4.14. The SMILES string of the molecule is CC(=O)OOC(=O)c1ccc([N+](=O)[O-])cc1. The van der Waals surface area contributed by atoms with Crippen LogP contribution in [-0.4, -0.2) is 16.9 Å². The first-order valence-corrected chi connectivity index (χ1v) is 4.14. The molecule has 7 nitrogen and oxygen atoms in total. The monoisotopic (exact) mass is 225 g/mol. The van der Waals surface area contributed by atoms with Crippen LogP contribution < -0.4 is 0 Å². The summed E-state index contributed by atoms with van der Waals surface area (Å²) in [4.78, 5) is 39.4. The third kappa shape index (κ3) is 3.05. The fraction of sp³-hybridized carbons (Fsp3) is 0.111. The highest BCUT2D eigenvalue weighted by molar-refractivity contribution is 5.89. The predicted molar refractivity (Wildman–Crippen MR) is 50.3 cm³/mol. The Morgan fingerprint density at radius 3 is 2.19 bits per heavy atom. The van der Waals surface area contributed by atoms with E-state index in [1.165, 1.54) is 12.1 Å². The number of nitro groups is 1. The topological polar surface area (TPSA) is 95.7 Å². The minimum absolute atomic E-state index is 0.0480. The quantitative estimate of drug-likeness (QED) is 0.426. The van der Waals surface area contributed by atoms with Gasteiger partial charge in [-0.2, -0.15) is 0 Å². The highest BCUT2D eigenvalue weighted by atomic mass is 17.2. The van der Waals surface area contributed by atoms with E-state index in [4.69, 9.17) is 0 Å². The summed E-state index contributed by atoms with van der Waals surface area (Å²) >= 11 is 0. The normalized spacial score (nSPS) is 9.31. The molecule has 1 aromatic rings. The lowest BCUT2D eigenvalue weighted by Gasteiger charge is -2.00. The van der Waals surface area contributed by atoms with Crippen LogP contribution in [0.25, 0.3) is 0 Å². The lowest BCUT2D eigenvalue weighted by Crippen LogP contribution is -2.08. The molecule has 1 rings (SSSR count). The molecule has 0 heterocycles. The molecule has 84 valence electrons. The Hall–Kier alpha value is -2.44. The molecule has 0 aromatic heterocycles. The Kier molecular flexibility index (Phi) is 3.54. The van der Waals surface area contributed by atoms with Gasteiger partial charge in [-0.1, -0.05) is 0 Å². The Balaban J connectivity index is 2.70. The van der Waals surface area contributed by atoms with E-state index in [-0.39, 0.29) is 11.3 Å². The van der Waals surface area contributed by atoms with Crippen LogP contribution in [0.2, 0.25) is 0 Å². The van der Waals surface area contributed by atoms with Crippen LogP contribution in [0.3, 0.4) is 0 Å². The molecule has 0 aliphatic heterocycles. The number of nitro benzene ring substituents is 1. The summed E-state index contributed by atoms with van der Waals surface area (Å²) in [6.07, 6.45) is 0. The smallest absolute Gasteiger partial charge is 0.258 e. The van der Waals surface area contributed by atoms with Crippen LogP contribution in [0, 0.1) is 10.1 Å². The van der Waals surface area contributed by atoms with Crippen LogP contribution >= 0.6 is 0 Å². The summed E-state index contributed by atoms with van der Waals surface area (Å²) in [6, 6.07) is 4.68. The maximum Gasteiger partial charge on any atom is 0.386 e. The summed E-state index contributed by atoms with van der Waals surface area (Å²) in [7, 11) is 0. The van der Waals surface area contributed by atoms with Crippen molar-refractivity contribution in [1.82, 2.24) is 0 Å². The van der Waals surface area contributed by atoms with Crippen molar-refractivity contribution in [1.29, 1.82) is 0 Å². The molecule has 0 radical (unpaired) electrons. The summed E-state index contributed by atoms with van der Waals surface area (Å²) < 4.78 is 0. The average molecular weight is 225 g/mol. The fourth-order valence-corrected chi connectivity index (χ4v) is 0.864. The highest BCUT2D eigenvalue weighted by Gasteiger charge is 2.12. The van der Waals surface area contributed by atoms with Gasteiger partial charge in [0, 0.05) is 19.1 Å². The van der Waals surface area contributed by atoms with Crippen molar-refractivity contribution in [2.24, 2.45) is 0 Å². The molecule has 0 saturated carbocycles. The van der Waals surface area contributed by atoms with Gasteiger partial charge in [-0.15, -0.1) is 0 Å². The van der Waals surface area contributed by atoms with Gasteiger partial charge in [0.2, 0.25) is 0 Å². The molecule has 0 aliphatic carbocycles. The molecule has 0 saturated heterocycles. The van der Waals surface area contributed by atoms with Gasteiger partial charge in [0.1, 0.15) is 0 Å². The maximum absolute atomic E-state index is 11.2. The number of hydrogen-bond acceptors (Lipinski definition) is 6. The van der Waals surface area contributed by atoms with E-state index >= 15 is 0 Å². The second-order valence-corrected chi connectivity index (χ2v) is 2.75. The van der Waals surface area contributed by atoms with Gasteiger partial charge in [0.05, 0.1) is 10.5 Å². The zero-order chi connectivity index (χ0) is 12.1. The van der Waals surface area contributed by atoms with Gasteiger partial charge in [0.25, 0.3) is 5.69 Å². The number of carbonyl (C=O) groups is 2. The van der Waals surface area contributed by atoms with Crippen LogP contribution in [0.5, 0.6) is 0 Å². The summed E-state index contributed by atoms with van der Waals surface area (Å²) in [5.41, 5.74) is -0.101. The first kappa shape index (κ1) is 11.6. The van der Waals surface area contributed by atoms with Gasteiger partial charge < -0.3 is 0 Å². The van der Waals surface area contributed by atoms with E-state index in [0.717, 1.165) is 19.1 Å². The van der Waals surface area contributed by atoms with E-state index in [9.17, 15) is 19.7 Å². The van der Waals surface area contributed by atoms with Crippen molar-refractivity contribution >= 4 is 17.6 Å². The van der Waals surface area contributed by atoms with Gasteiger partial charge in [0.15, 0.2) is 0 Å².